The number of aliphatic hydroxyl groups excluding tert-OH is 1. The number of nitrogens with zero attached hydrogens (tertiary/aromatic N) is 1. The summed E-state index contributed by atoms with van der Waals surface area (Å²) >= 11 is 0. The lowest BCUT2D eigenvalue weighted by Crippen LogP contribution is -2.31. The molecule has 0 radical (unpaired) electrons. The van der Waals surface area contributed by atoms with Crippen LogP contribution in [0, 0.1) is 6.92 Å². The molecule has 0 bridgehead atoms. The molecule has 1 N–H and O–H groups in total. The van der Waals surface area contributed by atoms with E-state index < -0.39 is 10.0 Å². The Morgan fingerprint density at radius 1 is 1.05 bits per heavy atom. The molecule has 0 spiro atoms. The summed E-state index contributed by atoms with van der Waals surface area (Å²) < 4.78 is 27.2. The van der Waals surface area contributed by atoms with E-state index in [2.05, 4.69) is 0 Å². The molecule has 0 amide bonds. The molecule has 0 aromatic heterocycles. The number of para-hydroxylation sites is 1. The monoisotopic (exact) mass is 305 g/mol. The molecule has 2 aromatic carbocycles. The van der Waals surface area contributed by atoms with E-state index in [1.165, 1.54) is 4.31 Å². The van der Waals surface area contributed by atoms with E-state index in [1.807, 2.05) is 18.2 Å². The molecular weight excluding hydrogens is 286 g/mol. The lowest BCUT2D eigenvalue weighted by molar-refractivity contribution is 0.280. The minimum Gasteiger partial charge on any atom is -0.392 e. The van der Waals surface area contributed by atoms with Crippen LogP contribution < -0.4 is 4.31 Å². The van der Waals surface area contributed by atoms with Crippen molar-refractivity contribution in [2.75, 3.05) is 10.8 Å². The highest BCUT2D eigenvalue weighted by molar-refractivity contribution is 7.92. The highest BCUT2D eigenvalue weighted by Gasteiger charge is 2.25. The van der Waals surface area contributed by atoms with Crippen LogP contribution in [-0.2, 0) is 16.6 Å². The lowest BCUT2D eigenvalue weighted by atomic mass is 10.1. The van der Waals surface area contributed by atoms with E-state index in [-0.39, 0.29) is 11.5 Å². The van der Waals surface area contributed by atoms with Crippen molar-refractivity contribution in [3.05, 3.63) is 59.7 Å². The van der Waals surface area contributed by atoms with E-state index in [1.54, 1.807) is 44.2 Å². The van der Waals surface area contributed by atoms with Gasteiger partial charge in [-0.2, -0.15) is 0 Å². The summed E-state index contributed by atoms with van der Waals surface area (Å²) in [6.45, 7) is 3.69. The number of sulfonamides is 1. The molecule has 2 rings (SSSR count). The Bertz CT molecular complexity index is 712. The topological polar surface area (TPSA) is 57.6 Å². The van der Waals surface area contributed by atoms with Crippen LogP contribution in [0.15, 0.2) is 53.4 Å². The molecule has 0 aliphatic rings. The Hall–Kier alpha value is -1.85. The maximum atomic E-state index is 12.9. The van der Waals surface area contributed by atoms with Gasteiger partial charge in [0.2, 0.25) is 0 Å². The summed E-state index contributed by atoms with van der Waals surface area (Å²) in [6, 6.07) is 14.0. The summed E-state index contributed by atoms with van der Waals surface area (Å²) in [5.74, 6) is 0. The van der Waals surface area contributed by atoms with E-state index in [0.717, 1.165) is 0 Å². The normalized spacial score (nSPS) is 11.4. The van der Waals surface area contributed by atoms with Crippen molar-refractivity contribution in [1.29, 1.82) is 0 Å². The minimum atomic E-state index is -3.65. The molecule has 0 heterocycles. The number of aliphatic hydroxyl groups is 1. The summed E-state index contributed by atoms with van der Waals surface area (Å²) in [5.41, 5.74) is 1.85. The largest absolute Gasteiger partial charge is 0.392 e. The average molecular weight is 305 g/mol. The molecule has 0 saturated heterocycles. The van der Waals surface area contributed by atoms with Crippen LogP contribution in [0.25, 0.3) is 0 Å². The van der Waals surface area contributed by atoms with Gasteiger partial charge in [-0.05, 0) is 43.2 Å². The van der Waals surface area contributed by atoms with E-state index in [0.29, 0.717) is 23.4 Å². The van der Waals surface area contributed by atoms with Gasteiger partial charge in [0.25, 0.3) is 10.0 Å². The molecule has 4 nitrogen and oxygen atoms in total. The predicted molar refractivity (Wildman–Crippen MR) is 83.7 cm³/mol. The van der Waals surface area contributed by atoms with Gasteiger partial charge < -0.3 is 5.11 Å². The van der Waals surface area contributed by atoms with Crippen LogP contribution >= 0.6 is 0 Å². The zero-order chi connectivity index (χ0) is 15.5. The molecule has 112 valence electrons. The van der Waals surface area contributed by atoms with Crippen LogP contribution in [0.1, 0.15) is 18.1 Å². The van der Waals surface area contributed by atoms with Gasteiger partial charge in [-0.25, -0.2) is 8.42 Å². The Kier molecular flexibility index (Phi) is 4.65. The molecule has 2 aromatic rings. The zero-order valence-corrected chi connectivity index (χ0v) is 13.0. The van der Waals surface area contributed by atoms with E-state index in [9.17, 15) is 13.5 Å². The third-order valence-corrected chi connectivity index (χ3v) is 5.51. The van der Waals surface area contributed by atoms with Crippen molar-refractivity contribution in [3.8, 4) is 0 Å². The van der Waals surface area contributed by atoms with Crippen molar-refractivity contribution in [3.63, 3.8) is 0 Å². The third kappa shape index (κ3) is 2.94. The maximum absolute atomic E-state index is 12.9. The van der Waals surface area contributed by atoms with Crippen molar-refractivity contribution in [2.45, 2.75) is 25.3 Å². The van der Waals surface area contributed by atoms with Gasteiger partial charge in [0, 0.05) is 6.54 Å². The molecule has 5 heteroatoms. The fourth-order valence-corrected chi connectivity index (χ4v) is 4.06. The van der Waals surface area contributed by atoms with Gasteiger partial charge in [0.15, 0.2) is 0 Å². The Labute approximate surface area is 125 Å². The predicted octanol–water partition coefficient (Wildman–Crippen LogP) is 2.70. The number of rotatable bonds is 5. The average Bonchev–Trinajstić information content (AvgIpc) is 2.49. The first-order valence-electron chi connectivity index (χ1n) is 6.79. The summed E-state index contributed by atoms with van der Waals surface area (Å²) in [6.07, 6.45) is 0. The minimum absolute atomic E-state index is 0.174. The molecule has 0 atom stereocenters. The Morgan fingerprint density at radius 2 is 1.71 bits per heavy atom. The van der Waals surface area contributed by atoms with Gasteiger partial charge >= 0.3 is 0 Å². The molecule has 0 fully saturated rings. The van der Waals surface area contributed by atoms with Gasteiger partial charge in [-0.1, -0.05) is 30.3 Å². The Balaban J connectivity index is 2.56. The molecule has 0 saturated carbocycles. The molecule has 21 heavy (non-hydrogen) atoms. The first kappa shape index (κ1) is 15.5. The van der Waals surface area contributed by atoms with Crippen LogP contribution in [0.4, 0.5) is 5.69 Å². The van der Waals surface area contributed by atoms with Crippen molar-refractivity contribution in [1.82, 2.24) is 0 Å². The van der Waals surface area contributed by atoms with E-state index in [4.69, 9.17) is 0 Å². The van der Waals surface area contributed by atoms with Gasteiger partial charge in [-0.15, -0.1) is 0 Å². The second kappa shape index (κ2) is 6.28. The summed E-state index contributed by atoms with van der Waals surface area (Å²) in [5, 5.41) is 9.31. The van der Waals surface area contributed by atoms with Crippen molar-refractivity contribution in [2.24, 2.45) is 0 Å². The number of hydrogen-bond acceptors (Lipinski definition) is 3. The number of benzene rings is 2. The van der Waals surface area contributed by atoms with Crippen molar-refractivity contribution < 1.29 is 13.5 Å². The van der Waals surface area contributed by atoms with E-state index >= 15 is 0 Å². The third-order valence-electron chi connectivity index (χ3n) is 3.47. The van der Waals surface area contributed by atoms with Crippen LogP contribution in [0.2, 0.25) is 0 Å². The standard InChI is InChI=1S/C16H19NO3S/c1-3-17(15-9-5-4-6-10-15)21(19,20)16-11-7-8-14(12-18)13(16)2/h4-11,18H,3,12H2,1-2H3. The zero-order valence-electron chi connectivity index (χ0n) is 12.2. The quantitative estimate of drug-likeness (QED) is 0.924. The fraction of sp³-hybridized carbons (Fsp3) is 0.250. The lowest BCUT2D eigenvalue weighted by Gasteiger charge is -2.24. The highest BCUT2D eigenvalue weighted by Crippen LogP contribution is 2.26. The number of anilines is 1. The van der Waals surface area contributed by atoms with Crippen LogP contribution in [0.3, 0.4) is 0 Å². The number of hydrogen-bond donors (Lipinski definition) is 1. The van der Waals surface area contributed by atoms with Gasteiger partial charge in [0.05, 0.1) is 17.2 Å². The fourth-order valence-electron chi connectivity index (χ4n) is 2.31. The Morgan fingerprint density at radius 3 is 2.29 bits per heavy atom. The summed E-state index contributed by atoms with van der Waals surface area (Å²) in [7, 11) is -3.65. The summed E-state index contributed by atoms with van der Waals surface area (Å²) in [4.78, 5) is 0.236. The van der Waals surface area contributed by atoms with Gasteiger partial charge in [0.1, 0.15) is 0 Å². The van der Waals surface area contributed by atoms with Gasteiger partial charge in [-0.3, -0.25) is 4.31 Å². The maximum Gasteiger partial charge on any atom is 0.264 e. The first-order valence-corrected chi connectivity index (χ1v) is 8.23. The SMILES string of the molecule is CCN(c1ccccc1)S(=O)(=O)c1cccc(CO)c1C. The second-order valence-electron chi connectivity index (χ2n) is 4.70. The van der Waals surface area contributed by atoms with Crippen LogP contribution in [-0.4, -0.2) is 20.1 Å². The molecule has 0 unspecified atom stereocenters. The van der Waals surface area contributed by atoms with Crippen LogP contribution in [0.5, 0.6) is 0 Å². The molecule has 0 aliphatic heterocycles. The smallest absolute Gasteiger partial charge is 0.264 e. The highest BCUT2D eigenvalue weighted by atomic mass is 32.2. The molecule has 0 aliphatic carbocycles. The van der Waals surface area contributed by atoms with Crippen molar-refractivity contribution >= 4 is 15.7 Å². The second-order valence-corrected chi connectivity index (χ2v) is 6.53. The first-order chi connectivity index (χ1) is 10.0. The molecular formula is C16H19NO3S.